The number of non-ortho nitro benzene ring substituents is 1. The van der Waals surface area contributed by atoms with Gasteiger partial charge < -0.3 is 14.8 Å². The number of halogens is 1. The van der Waals surface area contributed by atoms with Crippen LogP contribution in [-0.2, 0) is 16.1 Å². The third-order valence-electron chi connectivity index (χ3n) is 3.23. The smallest absolute Gasteiger partial charge is 0.321 e. The minimum atomic E-state index is -1.22. The van der Waals surface area contributed by atoms with Crippen molar-refractivity contribution in [3.8, 4) is 0 Å². The Bertz CT molecular complexity index is 778. The number of carbonyl (C=O) groups excluding carboxylic acids is 1. The van der Waals surface area contributed by atoms with Gasteiger partial charge in [0.15, 0.2) is 0 Å². The van der Waals surface area contributed by atoms with Crippen LogP contribution in [0.2, 0.25) is 5.02 Å². The third-order valence-corrected chi connectivity index (χ3v) is 3.55. The number of aliphatic carboxylic acids is 1. The van der Waals surface area contributed by atoms with Crippen LogP contribution < -0.4 is 10.6 Å². The van der Waals surface area contributed by atoms with Gasteiger partial charge in [0, 0.05) is 12.1 Å². The Balaban J connectivity index is 2.00. The van der Waals surface area contributed by atoms with Crippen LogP contribution in [0.15, 0.2) is 41.0 Å². The van der Waals surface area contributed by atoms with Crippen LogP contribution in [0.4, 0.5) is 11.4 Å². The number of amides is 1. The summed E-state index contributed by atoms with van der Waals surface area (Å²) < 4.78 is 5.08. The molecular formula is C15H14ClN3O6. The number of hydrogen-bond donors (Lipinski definition) is 3. The van der Waals surface area contributed by atoms with Crippen molar-refractivity contribution in [1.29, 1.82) is 0 Å². The minimum Gasteiger partial charge on any atom is -0.480 e. The third kappa shape index (κ3) is 5.30. The summed E-state index contributed by atoms with van der Waals surface area (Å²) in [7, 11) is 0. The molecule has 9 nitrogen and oxygen atoms in total. The van der Waals surface area contributed by atoms with Gasteiger partial charge in [0.25, 0.3) is 5.69 Å². The summed E-state index contributed by atoms with van der Waals surface area (Å²) in [6, 6.07) is 5.73. The molecule has 0 radical (unpaired) electrons. The molecule has 1 aromatic carbocycles. The van der Waals surface area contributed by atoms with Gasteiger partial charge >= 0.3 is 5.97 Å². The van der Waals surface area contributed by atoms with Gasteiger partial charge in [-0.15, -0.1) is 0 Å². The Hall–Kier alpha value is -2.91. The topological polar surface area (TPSA) is 135 Å². The lowest BCUT2D eigenvalue weighted by atomic mass is 10.2. The molecule has 0 aliphatic carbocycles. The average Bonchev–Trinajstić information content (AvgIpc) is 3.06. The summed E-state index contributed by atoms with van der Waals surface area (Å²) in [6.07, 6.45) is 1.05. The zero-order valence-electron chi connectivity index (χ0n) is 12.8. The van der Waals surface area contributed by atoms with Crippen LogP contribution in [-0.4, -0.2) is 27.9 Å². The Labute approximate surface area is 146 Å². The number of carboxylic acids is 1. The Morgan fingerprint density at radius 3 is 2.72 bits per heavy atom. The van der Waals surface area contributed by atoms with Crippen molar-refractivity contribution in [2.75, 3.05) is 5.32 Å². The van der Waals surface area contributed by atoms with Gasteiger partial charge in [-0.3, -0.25) is 25.0 Å². The Kier molecular flexibility index (Phi) is 6.09. The quantitative estimate of drug-likeness (QED) is 0.481. The number of carboxylic acid groups (broad SMARTS) is 1. The molecule has 10 heteroatoms. The van der Waals surface area contributed by atoms with Gasteiger partial charge in [-0.2, -0.15) is 0 Å². The first-order valence-electron chi connectivity index (χ1n) is 7.09. The maximum absolute atomic E-state index is 12.1. The van der Waals surface area contributed by atoms with Crippen molar-refractivity contribution in [3.63, 3.8) is 0 Å². The molecule has 132 valence electrons. The van der Waals surface area contributed by atoms with Gasteiger partial charge in [-0.05, 0) is 18.2 Å². The van der Waals surface area contributed by atoms with Gasteiger partial charge in [0.05, 0.1) is 34.9 Å². The number of nitro groups is 1. The minimum absolute atomic E-state index is 0.0380. The van der Waals surface area contributed by atoms with E-state index in [1.165, 1.54) is 18.4 Å². The molecule has 0 fully saturated rings. The molecule has 0 aliphatic heterocycles. The molecule has 3 N–H and O–H groups in total. The maximum atomic E-state index is 12.1. The first-order chi connectivity index (χ1) is 11.9. The number of hydrogen-bond acceptors (Lipinski definition) is 6. The van der Waals surface area contributed by atoms with E-state index in [2.05, 4.69) is 10.6 Å². The van der Waals surface area contributed by atoms with Crippen molar-refractivity contribution in [2.24, 2.45) is 0 Å². The number of nitrogens with zero attached hydrogens (tertiary/aromatic N) is 1. The zero-order valence-corrected chi connectivity index (χ0v) is 13.5. The van der Waals surface area contributed by atoms with Gasteiger partial charge in [0.2, 0.25) is 5.91 Å². The molecule has 0 saturated carbocycles. The highest BCUT2D eigenvalue weighted by Crippen LogP contribution is 2.26. The zero-order chi connectivity index (χ0) is 18.4. The first kappa shape index (κ1) is 18.4. The van der Waals surface area contributed by atoms with Crippen LogP contribution in [0, 0.1) is 10.1 Å². The summed E-state index contributed by atoms with van der Waals surface area (Å²) >= 11 is 5.89. The van der Waals surface area contributed by atoms with Crippen LogP contribution in [0.1, 0.15) is 12.2 Å². The Morgan fingerprint density at radius 1 is 1.36 bits per heavy atom. The van der Waals surface area contributed by atoms with Crippen molar-refractivity contribution >= 4 is 34.9 Å². The lowest BCUT2D eigenvalue weighted by Crippen LogP contribution is -2.39. The lowest BCUT2D eigenvalue weighted by Gasteiger charge is -2.14. The summed E-state index contributed by atoms with van der Waals surface area (Å²) in [5, 5.41) is 25.1. The van der Waals surface area contributed by atoms with Gasteiger partial charge in [-0.1, -0.05) is 11.6 Å². The first-order valence-corrected chi connectivity index (χ1v) is 7.47. The number of furan rings is 1. The van der Waals surface area contributed by atoms with Crippen molar-refractivity contribution < 1.29 is 24.0 Å². The van der Waals surface area contributed by atoms with E-state index in [1.54, 1.807) is 12.1 Å². The van der Waals surface area contributed by atoms with Crippen LogP contribution in [0.5, 0.6) is 0 Å². The fourth-order valence-corrected chi connectivity index (χ4v) is 2.16. The molecule has 1 heterocycles. The number of benzene rings is 1. The second kappa shape index (κ2) is 8.27. The summed E-state index contributed by atoms with van der Waals surface area (Å²) in [5.41, 5.74) is -0.207. The number of carbonyl (C=O) groups is 2. The van der Waals surface area contributed by atoms with E-state index >= 15 is 0 Å². The SMILES string of the molecule is O=C(C[C@H](NCc1ccco1)C(=O)O)Nc1cc([N+](=O)[O-])ccc1Cl. The van der Waals surface area contributed by atoms with Crippen molar-refractivity contribution in [2.45, 2.75) is 19.0 Å². The van der Waals surface area contributed by atoms with Crippen LogP contribution >= 0.6 is 11.6 Å². The fourth-order valence-electron chi connectivity index (χ4n) is 1.99. The second-order valence-corrected chi connectivity index (χ2v) is 5.43. The second-order valence-electron chi connectivity index (χ2n) is 5.02. The molecule has 0 saturated heterocycles. The molecule has 0 aliphatic rings. The molecule has 2 rings (SSSR count). The average molecular weight is 368 g/mol. The largest absolute Gasteiger partial charge is 0.480 e. The molecular weight excluding hydrogens is 354 g/mol. The van der Waals surface area contributed by atoms with E-state index in [9.17, 15) is 24.8 Å². The van der Waals surface area contributed by atoms with Crippen LogP contribution in [0.25, 0.3) is 0 Å². The standard InChI is InChI=1S/C15H14ClN3O6/c16-11-4-3-9(19(23)24)6-12(11)18-14(20)7-13(15(21)22)17-8-10-2-1-5-25-10/h1-6,13,17H,7-8H2,(H,18,20)(H,21,22)/t13-/m0/s1. The normalized spacial score (nSPS) is 11.7. The predicted octanol–water partition coefficient (Wildman–Crippen LogP) is 2.41. The highest BCUT2D eigenvalue weighted by molar-refractivity contribution is 6.33. The fraction of sp³-hybridized carbons (Fsp3) is 0.200. The monoisotopic (exact) mass is 367 g/mol. The van der Waals surface area contributed by atoms with E-state index in [-0.39, 0.29) is 22.9 Å². The van der Waals surface area contributed by atoms with Gasteiger partial charge in [0.1, 0.15) is 11.8 Å². The molecule has 1 atom stereocenters. The number of rotatable bonds is 8. The summed E-state index contributed by atoms with van der Waals surface area (Å²) in [5.74, 6) is -1.35. The summed E-state index contributed by atoms with van der Waals surface area (Å²) in [6.45, 7) is 0.134. The molecule has 1 aromatic heterocycles. The van der Waals surface area contributed by atoms with E-state index in [1.807, 2.05) is 0 Å². The van der Waals surface area contributed by atoms with Gasteiger partial charge in [-0.25, -0.2) is 0 Å². The Morgan fingerprint density at radius 2 is 2.12 bits per heavy atom. The maximum Gasteiger partial charge on any atom is 0.321 e. The van der Waals surface area contributed by atoms with E-state index in [4.69, 9.17) is 16.0 Å². The summed E-state index contributed by atoms with van der Waals surface area (Å²) in [4.78, 5) is 33.5. The van der Waals surface area contributed by atoms with Crippen LogP contribution in [0.3, 0.4) is 0 Å². The molecule has 0 bridgehead atoms. The van der Waals surface area contributed by atoms with E-state index in [0.29, 0.717) is 5.76 Å². The molecule has 1 amide bonds. The number of nitrogens with one attached hydrogen (secondary N) is 2. The molecule has 0 unspecified atom stereocenters. The highest BCUT2D eigenvalue weighted by Gasteiger charge is 2.22. The lowest BCUT2D eigenvalue weighted by molar-refractivity contribution is -0.384. The van der Waals surface area contributed by atoms with Crippen molar-refractivity contribution in [1.82, 2.24) is 5.32 Å². The van der Waals surface area contributed by atoms with E-state index in [0.717, 1.165) is 6.07 Å². The molecule has 0 spiro atoms. The van der Waals surface area contributed by atoms with E-state index < -0.39 is 29.3 Å². The number of nitro benzene ring substituents is 1. The molecule has 2 aromatic rings. The molecule has 25 heavy (non-hydrogen) atoms. The number of anilines is 1. The predicted molar refractivity (Wildman–Crippen MR) is 88.3 cm³/mol. The highest BCUT2D eigenvalue weighted by atomic mass is 35.5. The van der Waals surface area contributed by atoms with Crippen molar-refractivity contribution in [3.05, 3.63) is 57.5 Å².